The summed E-state index contributed by atoms with van der Waals surface area (Å²) in [6.45, 7) is 30.7. The van der Waals surface area contributed by atoms with Crippen molar-refractivity contribution in [3.05, 3.63) is 269 Å². The highest BCUT2D eigenvalue weighted by atomic mass is 15.3. The maximum absolute atomic E-state index is 2.78. The molecule has 4 aliphatic rings. The van der Waals surface area contributed by atoms with Gasteiger partial charge in [0.15, 0.2) is 0 Å². The van der Waals surface area contributed by atoms with E-state index in [2.05, 4.69) is 329 Å². The molecule has 0 bridgehead atoms. The fraction of sp³-hybridized carbons (Fsp3) is 0.259. The normalized spacial score (nSPS) is 17.8. The maximum Gasteiger partial charge on any atom is 0.252 e. The second-order valence-corrected chi connectivity index (χ2v) is 29.1. The molecule has 10 aromatic rings. The minimum absolute atomic E-state index is 0.0171. The second kappa shape index (κ2) is 19.3. The predicted molar refractivity (Wildman–Crippen MR) is 364 cm³/mol. The number of aryl methyl sites for hydroxylation is 1. The zero-order valence-corrected chi connectivity index (χ0v) is 52.2. The topological polar surface area (TPSA) is 9.72 Å². The van der Waals surface area contributed by atoms with Crippen molar-refractivity contribution in [3.63, 3.8) is 0 Å². The molecule has 0 saturated heterocycles. The van der Waals surface area contributed by atoms with Crippen molar-refractivity contribution >= 4 is 68.6 Å². The van der Waals surface area contributed by atoms with E-state index in [4.69, 9.17) is 0 Å². The van der Waals surface area contributed by atoms with Crippen molar-refractivity contribution in [2.24, 2.45) is 0 Å². The van der Waals surface area contributed by atoms with E-state index < -0.39 is 5.54 Å². The van der Waals surface area contributed by atoms with Crippen molar-refractivity contribution in [1.29, 1.82) is 0 Å². The molecule has 422 valence electrons. The highest BCUT2D eigenvalue weighted by molar-refractivity contribution is 7.00. The number of rotatable bonds is 6. The van der Waals surface area contributed by atoms with Crippen LogP contribution in [0.5, 0.6) is 0 Å². The van der Waals surface area contributed by atoms with E-state index in [1.807, 2.05) is 0 Å². The summed E-state index contributed by atoms with van der Waals surface area (Å²) >= 11 is 0. The Hall–Kier alpha value is -8.34. The monoisotopic (exact) mass is 1110 g/mol. The molecule has 3 aliphatic heterocycles. The summed E-state index contributed by atoms with van der Waals surface area (Å²) in [5.41, 5.74) is 28.1. The highest BCUT2D eigenvalue weighted by Crippen LogP contribution is 2.67. The summed E-state index contributed by atoms with van der Waals surface area (Å²) in [4.78, 5) is 8.08. The van der Waals surface area contributed by atoms with Gasteiger partial charge in [-0.05, 0) is 180 Å². The van der Waals surface area contributed by atoms with E-state index in [1.165, 1.54) is 123 Å². The Kier molecular flexibility index (Phi) is 12.4. The SMILES string of the molecule is CC(C)(C)c1ccc(N2c3cc(N4c5ccc(C(C)(C)C)cc5C5(c6ccccc6)CCc6ccccc6C45C)ccc3B3c4ccc(-c5ccccc5)cc4N(c4ccc(C(C)(C)C)cc4-c4ccccc4)c4cc(C(C)(C)C)cc2c43)cc1. The first kappa shape index (κ1) is 54.6. The molecule has 0 fully saturated rings. The molecule has 85 heavy (non-hydrogen) atoms. The molecule has 1 aliphatic carbocycles. The molecule has 4 heteroatoms. The number of hydrogen-bond acceptors (Lipinski definition) is 3. The predicted octanol–water partition coefficient (Wildman–Crippen LogP) is 19.6. The lowest BCUT2D eigenvalue weighted by atomic mass is 9.33. The molecule has 2 atom stereocenters. The summed E-state index contributed by atoms with van der Waals surface area (Å²) in [5, 5.41) is 0. The molecule has 0 N–H and O–H groups in total. The van der Waals surface area contributed by atoms with Crippen molar-refractivity contribution in [1.82, 2.24) is 0 Å². The van der Waals surface area contributed by atoms with Crippen LogP contribution in [-0.4, -0.2) is 6.71 Å². The van der Waals surface area contributed by atoms with Crippen molar-refractivity contribution < 1.29 is 0 Å². The number of fused-ring (bicyclic) bond motifs is 9. The first-order valence-electron chi connectivity index (χ1n) is 31.1. The molecule has 10 aromatic carbocycles. The maximum atomic E-state index is 2.78. The van der Waals surface area contributed by atoms with Gasteiger partial charge in [-0.1, -0.05) is 247 Å². The Morgan fingerprint density at radius 1 is 0.365 bits per heavy atom. The van der Waals surface area contributed by atoms with Gasteiger partial charge in [-0.15, -0.1) is 0 Å². The van der Waals surface area contributed by atoms with Gasteiger partial charge < -0.3 is 14.7 Å². The Bertz CT molecular complexity index is 4250. The van der Waals surface area contributed by atoms with Crippen LogP contribution < -0.4 is 31.1 Å². The Balaban J connectivity index is 1.09. The molecule has 0 amide bonds. The van der Waals surface area contributed by atoms with Gasteiger partial charge in [-0.3, -0.25) is 0 Å². The van der Waals surface area contributed by atoms with E-state index in [1.54, 1.807) is 0 Å². The number of nitrogens with zero attached hydrogens (tertiary/aromatic N) is 3. The zero-order chi connectivity index (χ0) is 59.2. The molecule has 0 spiro atoms. The van der Waals surface area contributed by atoms with E-state index in [-0.39, 0.29) is 33.8 Å². The minimum atomic E-state index is -0.501. The Morgan fingerprint density at radius 2 is 0.882 bits per heavy atom. The van der Waals surface area contributed by atoms with Gasteiger partial charge in [0.1, 0.15) is 0 Å². The van der Waals surface area contributed by atoms with E-state index in [0.717, 1.165) is 18.5 Å². The average molecular weight is 1110 g/mol. The molecule has 0 aromatic heterocycles. The summed E-state index contributed by atoms with van der Waals surface area (Å²) < 4.78 is 0. The van der Waals surface area contributed by atoms with Crippen LogP contribution >= 0.6 is 0 Å². The van der Waals surface area contributed by atoms with Crippen molar-refractivity contribution in [3.8, 4) is 22.3 Å². The fourth-order valence-electron chi connectivity index (χ4n) is 15.3. The third-order valence-corrected chi connectivity index (χ3v) is 19.9. The lowest BCUT2D eigenvalue weighted by Gasteiger charge is -2.53. The van der Waals surface area contributed by atoms with Crippen LogP contribution in [0.2, 0.25) is 0 Å². The summed E-state index contributed by atoms with van der Waals surface area (Å²) in [6, 6.07) is 87.3. The number of hydrogen-bond donors (Lipinski definition) is 0. The zero-order valence-electron chi connectivity index (χ0n) is 52.2. The van der Waals surface area contributed by atoms with Gasteiger partial charge in [0, 0.05) is 45.4 Å². The fourth-order valence-corrected chi connectivity index (χ4v) is 15.3. The van der Waals surface area contributed by atoms with Crippen LogP contribution in [-0.2, 0) is 39.0 Å². The van der Waals surface area contributed by atoms with Gasteiger partial charge >= 0.3 is 0 Å². The highest BCUT2D eigenvalue weighted by Gasteiger charge is 2.63. The van der Waals surface area contributed by atoms with Gasteiger partial charge in [0.2, 0.25) is 0 Å². The van der Waals surface area contributed by atoms with Crippen molar-refractivity contribution in [2.45, 2.75) is 135 Å². The third-order valence-electron chi connectivity index (χ3n) is 19.9. The molecule has 3 nitrogen and oxygen atoms in total. The summed E-state index contributed by atoms with van der Waals surface area (Å²) in [7, 11) is 0. The molecule has 0 saturated carbocycles. The molecule has 14 rings (SSSR count). The molecule has 3 heterocycles. The van der Waals surface area contributed by atoms with Gasteiger partial charge in [0.25, 0.3) is 6.71 Å². The molecule has 0 radical (unpaired) electrons. The first-order valence-corrected chi connectivity index (χ1v) is 31.1. The van der Waals surface area contributed by atoms with Crippen LogP contribution in [0.3, 0.4) is 0 Å². The van der Waals surface area contributed by atoms with Gasteiger partial charge in [0.05, 0.1) is 16.6 Å². The van der Waals surface area contributed by atoms with Crippen LogP contribution in [0.1, 0.15) is 141 Å². The quantitative estimate of drug-likeness (QED) is 0.154. The standard InChI is InChI=1S/C81H80BN3/c1-76(2,3)57-34-38-62(39-35-57)83-72-52-63(85-70-44-37-60(78(7,8)9)49-66(70)81(58-30-21-16-22-31-58)46-45-55-29-23-24-32-65(55)80(81,85)13)40-42-68(72)82-67-41-33-56(53-25-17-14-18-26-53)47-71(67)84(74-51-61(79(10,11)12)50-73(83)75(74)82)69-43-36-59(77(4,5)6)48-64(69)54-27-19-15-20-28-54/h14-44,47-52H,45-46H2,1-13H3. The molecule has 2 unspecified atom stereocenters. The third kappa shape index (κ3) is 8.51. The van der Waals surface area contributed by atoms with Gasteiger partial charge in [-0.2, -0.15) is 0 Å². The smallest absolute Gasteiger partial charge is 0.252 e. The number of benzene rings is 10. The van der Waals surface area contributed by atoms with E-state index in [9.17, 15) is 0 Å². The summed E-state index contributed by atoms with van der Waals surface area (Å²) in [6.07, 6.45) is 2.00. The van der Waals surface area contributed by atoms with Crippen LogP contribution in [0.4, 0.5) is 45.5 Å². The van der Waals surface area contributed by atoms with Crippen LogP contribution in [0, 0.1) is 0 Å². The van der Waals surface area contributed by atoms with Crippen LogP contribution in [0.25, 0.3) is 22.3 Å². The van der Waals surface area contributed by atoms with E-state index >= 15 is 0 Å². The van der Waals surface area contributed by atoms with Crippen molar-refractivity contribution in [2.75, 3.05) is 14.7 Å². The molecular weight excluding hydrogens is 1030 g/mol. The minimum Gasteiger partial charge on any atom is -0.330 e. The van der Waals surface area contributed by atoms with Gasteiger partial charge in [-0.25, -0.2) is 0 Å². The average Bonchev–Trinajstić information content (AvgIpc) is 1.62. The second-order valence-electron chi connectivity index (χ2n) is 29.1. The Labute approximate surface area is 507 Å². The molecular formula is C81H80BN3. The largest absolute Gasteiger partial charge is 0.330 e. The Morgan fingerprint density at radius 3 is 1.52 bits per heavy atom. The summed E-state index contributed by atoms with van der Waals surface area (Å²) in [5.74, 6) is 0. The lowest BCUT2D eigenvalue weighted by Crippen LogP contribution is -2.61. The van der Waals surface area contributed by atoms with E-state index in [0.29, 0.717) is 0 Å². The number of anilines is 8. The van der Waals surface area contributed by atoms with Crippen LogP contribution in [0.15, 0.2) is 224 Å². The first-order chi connectivity index (χ1) is 40.6. The lowest BCUT2D eigenvalue weighted by molar-refractivity contribution is 0.270.